The molecule has 172 valence electrons. The van der Waals surface area contributed by atoms with Gasteiger partial charge in [0.15, 0.2) is 10.8 Å². The second kappa shape index (κ2) is 12.3. The van der Waals surface area contributed by atoms with Crippen LogP contribution < -0.4 is 10.6 Å². The molecule has 2 aromatic rings. The second-order valence-corrected chi connectivity index (χ2v) is 9.70. The van der Waals surface area contributed by atoms with E-state index in [1.807, 2.05) is 10.9 Å². The van der Waals surface area contributed by atoms with Gasteiger partial charge in [-0.15, -0.1) is 0 Å². The van der Waals surface area contributed by atoms with E-state index in [0.29, 0.717) is 13.1 Å². The van der Waals surface area contributed by atoms with Crippen LogP contribution in [0.2, 0.25) is 0 Å². The van der Waals surface area contributed by atoms with Gasteiger partial charge >= 0.3 is 0 Å². The molecular formula is C23H38N6OS. The Morgan fingerprint density at radius 3 is 2.65 bits per heavy atom. The van der Waals surface area contributed by atoms with Crippen LogP contribution in [0, 0.1) is 11.8 Å². The van der Waals surface area contributed by atoms with Crippen molar-refractivity contribution in [3.05, 3.63) is 6.20 Å². The number of nitrogens with zero attached hydrogens (tertiary/aromatic N) is 4. The number of rotatable bonds is 12. The van der Waals surface area contributed by atoms with Crippen molar-refractivity contribution in [2.45, 2.75) is 83.8 Å². The number of carbonyl (C=O) groups excluding carboxylic acids is 1. The van der Waals surface area contributed by atoms with E-state index in [4.69, 9.17) is 4.98 Å². The van der Waals surface area contributed by atoms with Gasteiger partial charge in [0, 0.05) is 19.0 Å². The van der Waals surface area contributed by atoms with Crippen molar-refractivity contribution in [1.29, 1.82) is 0 Å². The molecule has 2 aromatic heterocycles. The van der Waals surface area contributed by atoms with E-state index < -0.39 is 0 Å². The molecule has 0 unspecified atom stereocenters. The van der Waals surface area contributed by atoms with Gasteiger partial charge in [0.1, 0.15) is 5.82 Å². The molecule has 31 heavy (non-hydrogen) atoms. The van der Waals surface area contributed by atoms with Crippen LogP contribution in [0.25, 0.3) is 11.0 Å². The predicted octanol–water partition coefficient (Wildman–Crippen LogP) is 4.87. The lowest BCUT2D eigenvalue weighted by molar-refractivity contribution is -0.126. The maximum absolute atomic E-state index is 12.6. The predicted molar refractivity (Wildman–Crippen MR) is 128 cm³/mol. The SMILES string of the molecule is CCCCC1CCC(C(=O)NCCn2ncc3c(NCCC)nc(SCC)nc32)CC1. The number of unbranched alkanes of at least 4 members (excludes halogenated alkanes) is 1. The average molecular weight is 447 g/mol. The van der Waals surface area contributed by atoms with Crippen molar-refractivity contribution in [1.82, 2.24) is 25.1 Å². The zero-order chi connectivity index (χ0) is 22.1. The normalized spacial score (nSPS) is 18.9. The van der Waals surface area contributed by atoms with Crippen molar-refractivity contribution >= 4 is 34.5 Å². The van der Waals surface area contributed by atoms with Gasteiger partial charge in [-0.25, -0.2) is 14.6 Å². The van der Waals surface area contributed by atoms with E-state index in [1.165, 1.54) is 32.1 Å². The Morgan fingerprint density at radius 1 is 1.13 bits per heavy atom. The highest BCUT2D eigenvalue weighted by Crippen LogP contribution is 2.32. The lowest BCUT2D eigenvalue weighted by Crippen LogP contribution is -2.35. The molecule has 8 heteroatoms. The monoisotopic (exact) mass is 446 g/mol. The summed E-state index contributed by atoms with van der Waals surface area (Å²) in [5.41, 5.74) is 0.829. The van der Waals surface area contributed by atoms with E-state index >= 15 is 0 Å². The fourth-order valence-electron chi connectivity index (χ4n) is 4.31. The largest absolute Gasteiger partial charge is 0.369 e. The molecule has 3 rings (SSSR count). The van der Waals surface area contributed by atoms with Crippen LogP contribution in [-0.4, -0.2) is 44.5 Å². The Kier molecular flexibility index (Phi) is 9.43. The Morgan fingerprint density at radius 2 is 1.94 bits per heavy atom. The number of aromatic nitrogens is 4. The number of nitrogens with one attached hydrogen (secondary N) is 2. The van der Waals surface area contributed by atoms with Crippen molar-refractivity contribution in [2.75, 3.05) is 24.2 Å². The summed E-state index contributed by atoms with van der Waals surface area (Å²) in [6, 6.07) is 0. The van der Waals surface area contributed by atoms with Crippen LogP contribution in [0.15, 0.2) is 11.4 Å². The summed E-state index contributed by atoms with van der Waals surface area (Å²) < 4.78 is 1.88. The van der Waals surface area contributed by atoms with Crippen molar-refractivity contribution in [3.63, 3.8) is 0 Å². The number of fused-ring (bicyclic) bond motifs is 1. The van der Waals surface area contributed by atoms with Crippen molar-refractivity contribution in [3.8, 4) is 0 Å². The van der Waals surface area contributed by atoms with Gasteiger partial charge in [-0.05, 0) is 43.8 Å². The van der Waals surface area contributed by atoms with Gasteiger partial charge in [0.25, 0.3) is 0 Å². The summed E-state index contributed by atoms with van der Waals surface area (Å²) in [4.78, 5) is 22.0. The minimum atomic E-state index is 0.173. The van der Waals surface area contributed by atoms with E-state index in [-0.39, 0.29) is 11.8 Å². The van der Waals surface area contributed by atoms with Crippen LogP contribution in [0.5, 0.6) is 0 Å². The molecule has 0 atom stereocenters. The summed E-state index contributed by atoms with van der Waals surface area (Å²) in [6.07, 6.45) is 11.2. The van der Waals surface area contributed by atoms with Gasteiger partial charge in [-0.1, -0.05) is 51.8 Å². The molecule has 0 saturated heterocycles. The molecule has 0 aliphatic heterocycles. The second-order valence-electron chi connectivity index (χ2n) is 8.47. The highest BCUT2D eigenvalue weighted by molar-refractivity contribution is 7.99. The summed E-state index contributed by atoms with van der Waals surface area (Å²) in [5, 5.41) is 12.8. The molecule has 1 amide bonds. The highest BCUT2D eigenvalue weighted by atomic mass is 32.2. The van der Waals surface area contributed by atoms with Gasteiger partial charge in [-0.2, -0.15) is 5.10 Å². The standard InChI is InChI=1S/C23H38N6OS/c1-4-7-8-17-9-11-18(12-10-17)22(30)25-14-15-29-21-19(16-26-29)20(24-13-5-2)27-23(28-21)31-6-3/h16-18H,4-15H2,1-3H3,(H,25,30)(H,24,27,28). The first kappa shape index (κ1) is 23.8. The number of carbonyl (C=O) groups is 1. The number of amides is 1. The molecule has 1 fully saturated rings. The number of anilines is 1. The van der Waals surface area contributed by atoms with Crippen LogP contribution in [0.4, 0.5) is 5.82 Å². The van der Waals surface area contributed by atoms with Crippen LogP contribution >= 0.6 is 11.8 Å². The van der Waals surface area contributed by atoms with Crippen LogP contribution in [0.3, 0.4) is 0 Å². The topological polar surface area (TPSA) is 84.7 Å². The lowest BCUT2D eigenvalue weighted by atomic mass is 9.79. The zero-order valence-electron chi connectivity index (χ0n) is 19.3. The fourth-order valence-corrected chi connectivity index (χ4v) is 4.87. The summed E-state index contributed by atoms with van der Waals surface area (Å²) in [5.74, 6) is 2.96. The first-order chi connectivity index (χ1) is 15.2. The highest BCUT2D eigenvalue weighted by Gasteiger charge is 2.25. The van der Waals surface area contributed by atoms with Crippen LogP contribution in [-0.2, 0) is 11.3 Å². The smallest absolute Gasteiger partial charge is 0.223 e. The Hall–Kier alpha value is -1.83. The molecule has 1 saturated carbocycles. The molecular weight excluding hydrogens is 408 g/mol. The van der Waals surface area contributed by atoms with Gasteiger partial charge in [-0.3, -0.25) is 4.79 Å². The third kappa shape index (κ3) is 6.57. The van der Waals surface area contributed by atoms with E-state index in [1.54, 1.807) is 11.8 Å². The Bertz CT molecular complexity index is 831. The number of hydrogen-bond donors (Lipinski definition) is 2. The van der Waals surface area contributed by atoms with E-state index in [9.17, 15) is 4.79 Å². The molecule has 0 bridgehead atoms. The van der Waals surface area contributed by atoms with Crippen molar-refractivity contribution in [2.24, 2.45) is 11.8 Å². The molecule has 1 aliphatic carbocycles. The number of hydrogen-bond acceptors (Lipinski definition) is 6. The Labute approximate surface area is 190 Å². The number of thioether (sulfide) groups is 1. The minimum absolute atomic E-state index is 0.173. The van der Waals surface area contributed by atoms with Crippen LogP contribution in [0.1, 0.15) is 72.1 Å². The molecule has 7 nitrogen and oxygen atoms in total. The first-order valence-electron chi connectivity index (χ1n) is 12.0. The fraction of sp³-hybridized carbons (Fsp3) is 0.739. The third-order valence-electron chi connectivity index (χ3n) is 6.10. The quantitative estimate of drug-likeness (QED) is 0.357. The average Bonchev–Trinajstić information content (AvgIpc) is 3.19. The molecule has 2 N–H and O–H groups in total. The maximum atomic E-state index is 12.6. The van der Waals surface area contributed by atoms with E-state index in [2.05, 4.69) is 41.5 Å². The third-order valence-corrected chi connectivity index (χ3v) is 6.83. The molecule has 1 aliphatic rings. The summed E-state index contributed by atoms with van der Waals surface area (Å²) in [7, 11) is 0. The maximum Gasteiger partial charge on any atom is 0.223 e. The van der Waals surface area contributed by atoms with E-state index in [0.717, 1.165) is 59.5 Å². The molecule has 2 heterocycles. The van der Waals surface area contributed by atoms with Crippen molar-refractivity contribution < 1.29 is 4.79 Å². The van der Waals surface area contributed by atoms with Gasteiger partial charge in [0.05, 0.1) is 18.1 Å². The van der Waals surface area contributed by atoms with Gasteiger partial charge < -0.3 is 10.6 Å². The Balaban J connectivity index is 1.56. The minimum Gasteiger partial charge on any atom is -0.369 e. The molecule has 0 radical (unpaired) electrons. The molecule has 0 spiro atoms. The molecule has 0 aromatic carbocycles. The zero-order valence-corrected chi connectivity index (χ0v) is 20.1. The van der Waals surface area contributed by atoms with Gasteiger partial charge in [0.2, 0.25) is 5.91 Å². The first-order valence-corrected chi connectivity index (χ1v) is 13.0. The summed E-state index contributed by atoms with van der Waals surface area (Å²) in [6.45, 7) is 8.54. The summed E-state index contributed by atoms with van der Waals surface area (Å²) >= 11 is 1.63. The lowest BCUT2D eigenvalue weighted by Gasteiger charge is -2.27.